The highest BCUT2D eigenvalue weighted by Crippen LogP contribution is 2.44. The highest BCUT2D eigenvalue weighted by atomic mass is 35.5. The number of alkyl halides is 1. The number of aliphatic carboxylic acids is 1. The van der Waals surface area contributed by atoms with Crippen LogP contribution in [0, 0.1) is 23.1 Å². The van der Waals surface area contributed by atoms with Gasteiger partial charge in [-0.15, -0.1) is 0 Å². The molecule has 1 aliphatic rings. The largest absolute Gasteiger partial charge is 0.497 e. The molecular weight excluding hydrogens is 533 g/mol. The zero-order chi connectivity index (χ0) is 27.3. The number of hydrogen-bond donors (Lipinski definition) is 1. The second-order valence-corrected chi connectivity index (χ2v) is 10.5. The number of benzene rings is 2. The summed E-state index contributed by atoms with van der Waals surface area (Å²) in [6, 6.07) is 9.59. The lowest BCUT2D eigenvalue weighted by molar-refractivity contribution is -0.141. The molecule has 1 atom stereocenters. The number of nitrogens with zero attached hydrogens (tertiary/aromatic N) is 2. The molecule has 1 N–H and O–H groups in total. The third kappa shape index (κ3) is 6.74. The maximum atomic E-state index is 15.7. The van der Waals surface area contributed by atoms with E-state index in [2.05, 4.69) is 21.7 Å². The molecule has 9 heteroatoms. The van der Waals surface area contributed by atoms with E-state index in [0.29, 0.717) is 66.1 Å². The Morgan fingerprint density at radius 1 is 1.24 bits per heavy atom. The molecule has 0 spiro atoms. The van der Waals surface area contributed by atoms with Crippen molar-refractivity contribution in [1.29, 1.82) is 0 Å². The topological polar surface area (TPSA) is 62.7 Å². The Balaban J connectivity index is 1.43. The summed E-state index contributed by atoms with van der Waals surface area (Å²) < 4.78 is 35.0. The minimum atomic E-state index is -1.39. The predicted octanol–water partition coefficient (Wildman–Crippen LogP) is 7.09. The summed E-state index contributed by atoms with van der Waals surface area (Å²) in [5, 5.41) is 10.7. The highest BCUT2D eigenvalue weighted by Gasteiger charge is 2.37. The van der Waals surface area contributed by atoms with E-state index in [1.807, 2.05) is 0 Å². The molecule has 0 aliphatic carbocycles. The Labute approximate surface area is 230 Å². The molecule has 0 radical (unpaired) electrons. The predicted molar refractivity (Wildman–Crippen MR) is 145 cm³/mol. The Hall–Kier alpha value is -2.92. The Morgan fingerprint density at radius 3 is 2.68 bits per heavy atom. The number of hydrogen-bond acceptors (Lipinski definition) is 4. The molecule has 4 rings (SSSR count). The van der Waals surface area contributed by atoms with E-state index in [-0.39, 0.29) is 23.4 Å². The maximum Gasteiger partial charge on any atom is 0.303 e. The van der Waals surface area contributed by atoms with Gasteiger partial charge in [0.05, 0.1) is 36.2 Å². The molecule has 5 nitrogen and oxygen atoms in total. The maximum absolute atomic E-state index is 15.7. The second-order valence-electron chi connectivity index (χ2n) is 9.68. The molecule has 2 aromatic carbocycles. The van der Waals surface area contributed by atoms with Crippen LogP contribution in [-0.2, 0) is 4.79 Å². The monoisotopic (exact) mass is 560 g/mol. The van der Waals surface area contributed by atoms with Crippen molar-refractivity contribution in [2.45, 2.75) is 38.3 Å². The van der Waals surface area contributed by atoms with Crippen molar-refractivity contribution in [3.05, 3.63) is 69.6 Å². The van der Waals surface area contributed by atoms with Gasteiger partial charge in [0.25, 0.3) is 0 Å². The lowest BCUT2D eigenvalue weighted by Gasteiger charge is -2.41. The van der Waals surface area contributed by atoms with E-state index < -0.39 is 23.4 Å². The van der Waals surface area contributed by atoms with Gasteiger partial charge in [0, 0.05) is 22.2 Å². The van der Waals surface area contributed by atoms with Gasteiger partial charge in [-0.3, -0.25) is 14.7 Å². The van der Waals surface area contributed by atoms with Gasteiger partial charge < -0.3 is 9.84 Å². The third-order valence-corrected chi connectivity index (χ3v) is 7.75. The van der Waals surface area contributed by atoms with Gasteiger partial charge in [-0.25, -0.2) is 8.78 Å². The van der Waals surface area contributed by atoms with Crippen LogP contribution in [0.25, 0.3) is 10.9 Å². The number of halogens is 4. The number of piperidine rings is 1. The molecule has 0 saturated carbocycles. The number of pyridine rings is 1. The van der Waals surface area contributed by atoms with Gasteiger partial charge in [0.1, 0.15) is 17.7 Å². The van der Waals surface area contributed by atoms with Gasteiger partial charge >= 0.3 is 5.97 Å². The Kier molecular flexibility index (Phi) is 9.09. The van der Waals surface area contributed by atoms with Crippen molar-refractivity contribution < 1.29 is 23.4 Å². The zero-order valence-electron chi connectivity index (χ0n) is 20.9. The van der Waals surface area contributed by atoms with Crippen molar-refractivity contribution in [1.82, 2.24) is 9.88 Å². The molecule has 1 saturated heterocycles. The number of likely N-dealkylation sites (tertiary alicyclic amines) is 1. The molecule has 0 unspecified atom stereocenters. The fraction of sp³-hybridized carbons (Fsp3) is 0.379. The van der Waals surface area contributed by atoms with Crippen molar-refractivity contribution in [3.8, 4) is 17.6 Å². The number of carbonyl (C=O) groups is 1. The second kappa shape index (κ2) is 12.3. The fourth-order valence-corrected chi connectivity index (χ4v) is 5.48. The van der Waals surface area contributed by atoms with Crippen molar-refractivity contribution in [2.24, 2.45) is 5.41 Å². The Morgan fingerprint density at radius 2 is 2.00 bits per heavy atom. The van der Waals surface area contributed by atoms with E-state index in [9.17, 15) is 14.3 Å². The van der Waals surface area contributed by atoms with Crippen LogP contribution in [0.4, 0.5) is 8.78 Å². The van der Waals surface area contributed by atoms with Crippen LogP contribution in [0.1, 0.15) is 49.4 Å². The van der Waals surface area contributed by atoms with Crippen LogP contribution >= 0.6 is 23.2 Å². The van der Waals surface area contributed by atoms with E-state index in [1.165, 1.54) is 19.4 Å². The first-order valence-electron chi connectivity index (χ1n) is 12.3. The molecule has 1 aromatic heterocycles. The number of fused-ring (bicyclic) bond motifs is 1. The van der Waals surface area contributed by atoms with E-state index in [0.717, 1.165) is 0 Å². The van der Waals surface area contributed by atoms with Crippen LogP contribution < -0.4 is 4.74 Å². The molecule has 38 heavy (non-hydrogen) atoms. The molecule has 0 amide bonds. The molecule has 2 heterocycles. The minimum Gasteiger partial charge on any atom is -0.497 e. The summed E-state index contributed by atoms with van der Waals surface area (Å²) in [5.41, 5.74) is 0.708. The molecule has 1 fully saturated rings. The first-order chi connectivity index (χ1) is 18.2. The standard InChI is InChI=1S/C29H28Cl2F2N2O3/c1-38-21-6-7-26-22(16-21)28(23(31)18-34-26)24(32)8-9-29(17-27(36)37)10-13-35(14-11-29)12-2-3-19-4-5-20(30)15-25(19)33/h4-7,15-16,18,24H,8-14,17H2,1H3,(H,36,37)/t24-/m1/s1. The normalized spacial score (nSPS) is 16.0. The number of carboxylic acids is 1. The minimum absolute atomic E-state index is 0.0339. The fourth-order valence-electron chi connectivity index (χ4n) is 5.05. The van der Waals surface area contributed by atoms with Crippen molar-refractivity contribution >= 4 is 40.1 Å². The number of carboxylic acid groups (broad SMARTS) is 1. The van der Waals surface area contributed by atoms with Gasteiger partial charge in [-0.1, -0.05) is 35.0 Å². The van der Waals surface area contributed by atoms with E-state index >= 15 is 4.39 Å². The third-order valence-electron chi connectivity index (χ3n) is 7.21. The van der Waals surface area contributed by atoms with Crippen LogP contribution in [0.2, 0.25) is 10.0 Å². The summed E-state index contributed by atoms with van der Waals surface area (Å²) in [7, 11) is 1.54. The highest BCUT2D eigenvalue weighted by molar-refractivity contribution is 6.32. The van der Waals surface area contributed by atoms with Crippen LogP contribution in [0.5, 0.6) is 5.75 Å². The van der Waals surface area contributed by atoms with Gasteiger partial charge in [-0.05, 0) is 80.6 Å². The van der Waals surface area contributed by atoms with Crippen molar-refractivity contribution in [2.75, 3.05) is 26.7 Å². The van der Waals surface area contributed by atoms with Crippen LogP contribution in [-0.4, -0.2) is 47.7 Å². The van der Waals surface area contributed by atoms with Crippen LogP contribution in [0.15, 0.2) is 42.6 Å². The van der Waals surface area contributed by atoms with Crippen molar-refractivity contribution in [3.63, 3.8) is 0 Å². The number of methoxy groups -OCH3 is 1. The van der Waals surface area contributed by atoms with E-state index in [4.69, 9.17) is 27.9 Å². The number of ether oxygens (including phenoxy) is 1. The molecule has 1 aliphatic heterocycles. The smallest absolute Gasteiger partial charge is 0.303 e. The van der Waals surface area contributed by atoms with Gasteiger partial charge in [-0.2, -0.15) is 0 Å². The number of aromatic nitrogens is 1. The summed E-state index contributed by atoms with van der Waals surface area (Å²) in [4.78, 5) is 18.1. The van der Waals surface area contributed by atoms with Gasteiger partial charge in [0.2, 0.25) is 0 Å². The lowest BCUT2D eigenvalue weighted by Crippen LogP contribution is -2.41. The quantitative estimate of drug-likeness (QED) is 0.298. The van der Waals surface area contributed by atoms with Crippen LogP contribution in [0.3, 0.4) is 0 Å². The summed E-state index contributed by atoms with van der Waals surface area (Å²) in [5.74, 6) is 5.03. The average molecular weight is 561 g/mol. The van der Waals surface area contributed by atoms with Gasteiger partial charge in [0.15, 0.2) is 0 Å². The SMILES string of the molecule is COc1ccc2ncc(Cl)c([C@H](F)CCC3(CC(=O)O)CCN(CC#Cc4ccc(Cl)cc4F)CC3)c2c1. The summed E-state index contributed by atoms with van der Waals surface area (Å²) >= 11 is 12.2. The Bertz CT molecular complexity index is 1380. The van der Waals surface area contributed by atoms with E-state index in [1.54, 1.807) is 30.3 Å². The summed E-state index contributed by atoms with van der Waals surface area (Å²) in [6.45, 7) is 1.67. The summed E-state index contributed by atoms with van der Waals surface area (Å²) in [6.07, 6.45) is 1.76. The first-order valence-corrected chi connectivity index (χ1v) is 13.1. The first kappa shape index (κ1) is 28.1. The average Bonchev–Trinajstić information content (AvgIpc) is 2.89. The molecule has 0 bridgehead atoms. The lowest BCUT2D eigenvalue weighted by atomic mass is 9.71. The number of rotatable bonds is 8. The molecule has 200 valence electrons. The molecular formula is C29H28Cl2F2N2O3. The zero-order valence-corrected chi connectivity index (χ0v) is 22.5. The molecule has 3 aromatic rings.